The van der Waals surface area contributed by atoms with E-state index in [2.05, 4.69) is 15.0 Å². The van der Waals surface area contributed by atoms with Crippen molar-refractivity contribution in [1.29, 1.82) is 0 Å². The van der Waals surface area contributed by atoms with E-state index in [-0.39, 0.29) is 10.6 Å². The normalized spacial score (nSPS) is 15.3. The van der Waals surface area contributed by atoms with Gasteiger partial charge in [0.05, 0.1) is 5.69 Å². The summed E-state index contributed by atoms with van der Waals surface area (Å²) in [4.78, 5) is 15.5. The van der Waals surface area contributed by atoms with Crippen molar-refractivity contribution in [2.75, 3.05) is 36.0 Å². The van der Waals surface area contributed by atoms with Crippen LogP contribution in [-0.4, -0.2) is 41.1 Å². The molecule has 0 amide bonds. The van der Waals surface area contributed by atoms with Gasteiger partial charge in [0.1, 0.15) is 11.6 Å². The zero-order valence-corrected chi connectivity index (χ0v) is 12.8. The maximum Gasteiger partial charge on any atom is 0.231 e. The third kappa shape index (κ3) is 3.20. The summed E-state index contributed by atoms with van der Waals surface area (Å²) in [6.45, 7) is 2.22. The zero-order chi connectivity index (χ0) is 15.7. The predicted octanol–water partition coefficient (Wildman–Crippen LogP) is 2.78. The van der Waals surface area contributed by atoms with Crippen LogP contribution in [0.2, 0.25) is 10.6 Å². The highest BCUT2D eigenvalue weighted by Gasteiger charge is 2.22. The van der Waals surface area contributed by atoms with E-state index in [4.69, 9.17) is 23.2 Å². The van der Waals surface area contributed by atoms with Gasteiger partial charge in [-0.1, -0.05) is 0 Å². The Balaban J connectivity index is 1.72. The maximum absolute atomic E-state index is 13.8. The quantitative estimate of drug-likeness (QED) is 0.837. The second-order valence-corrected chi connectivity index (χ2v) is 5.42. The van der Waals surface area contributed by atoms with E-state index in [0.29, 0.717) is 37.8 Å². The highest BCUT2D eigenvalue weighted by Crippen LogP contribution is 2.23. The highest BCUT2D eigenvalue weighted by atomic mass is 35.5. The van der Waals surface area contributed by atoms with Gasteiger partial charge in [0.15, 0.2) is 0 Å². The van der Waals surface area contributed by atoms with Crippen LogP contribution in [0.4, 0.5) is 20.4 Å². The van der Waals surface area contributed by atoms with Gasteiger partial charge in [0.25, 0.3) is 0 Å². The Hall–Kier alpha value is -1.73. The van der Waals surface area contributed by atoms with Crippen LogP contribution < -0.4 is 9.80 Å². The van der Waals surface area contributed by atoms with Crippen molar-refractivity contribution < 1.29 is 8.78 Å². The molecule has 1 aliphatic heterocycles. The molecule has 0 bridgehead atoms. The monoisotopic (exact) mass is 345 g/mol. The molecule has 2 aromatic rings. The van der Waals surface area contributed by atoms with Crippen LogP contribution in [0.15, 0.2) is 18.2 Å². The molecule has 0 saturated carbocycles. The third-order valence-electron chi connectivity index (χ3n) is 3.38. The van der Waals surface area contributed by atoms with Crippen LogP contribution in [0.3, 0.4) is 0 Å². The van der Waals surface area contributed by atoms with Crippen LogP contribution in [0, 0.1) is 11.6 Å². The molecule has 5 nitrogen and oxygen atoms in total. The molecule has 3 rings (SSSR count). The van der Waals surface area contributed by atoms with Crippen molar-refractivity contribution in [3.63, 3.8) is 0 Å². The van der Waals surface area contributed by atoms with Gasteiger partial charge in [0, 0.05) is 32.2 Å². The SMILES string of the molecule is Fc1ccc(N2CCN(c3nc(Cl)nc(Cl)n3)CC2)c(F)c1. The Morgan fingerprint density at radius 3 is 2.05 bits per heavy atom. The minimum Gasteiger partial charge on any atom is -0.366 e. The highest BCUT2D eigenvalue weighted by molar-refractivity contribution is 6.31. The lowest BCUT2D eigenvalue weighted by Gasteiger charge is -2.36. The number of piperazine rings is 1. The van der Waals surface area contributed by atoms with Gasteiger partial charge in [-0.2, -0.15) is 15.0 Å². The van der Waals surface area contributed by atoms with Crippen molar-refractivity contribution in [2.24, 2.45) is 0 Å². The molecule has 0 radical (unpaired) electrons. The summed E-state index contributed by atoms with van der Waals surface area (Å²) in [6, 6.07) is 3.57. The van der Waals surface area contributed by atoms with Crippen LogP contribution >= 0.6 is 23.2 Å². The first kappa shape index (κ1) is 15.2. The van der Waals surface area contributed by atoms with E-state index in [0.717, 1.165) is 6.07 Å². The van der Waals surface area contributed by atoms with E-state index in [1.807, 2.05) is 9.80 Å². The first-order chi connectivity index (χ1) is 10.5. The van der Waals surface area contributed by atoms with Crippen LogP contribution in [0.5, 0.6) is 0 Å². The lowest BCUT2D eigenvalue weighted by atomic mass is 10.2. The van der Waals surface area contributed by atoms with Crippen LogP contribution in [-0.2, 0) is 0 Å². The van der Waals surface area contributed by atoms with Crippen molar-refractivity contribution in [3.8, 4) is 0 Å². The Bertz CT molecular complexity index is 672. The number of aromatic nitrogens is 3. The molecule has 0 aliphatic carbocycles. The summed E-state index contributed by atoms with van der Waals surface area (Å²) in [5.41, 5.74) is 0.382. The number of halogens is 4. The van der Waals surface area contributed by atoms with Gasteiger partial charge >= 0.3 is 0 Å². The molecular formula is C13H11Cl2F2N5. The number of hydrogen-bond acceptors (Lipinski definition) is 5. The first-order valence-corrected chi connectivity index (χ1v) is 7.30. The van der Waals surface area contributed by atoms with E-state index >= 15 is 0 Å². The predicted molar refractivity (Wildman–Crippen MR) is 80.6 cm³/mol. The smallest absolute Gasteiger partial charge is 0.231 e. The van der Waals surface area contributed by atoms with Gasteiger partial charge in [-0.15, -0.1) is 0 Å². The zero-order valence-electron chi connectivity index (χ0n) is 11.3. The average molecular weight is 346 g/mol. The van der Waals surface area contributed by atoms with E-state index in [1.54, 1.807) is 0 Å². The summed E-state index contributed by atoms with van der Waals surface area (Å²) in [5, 5.41) is 0.0593. The van der Waals surface area contributed by atoms with Gasteiger partial charge < -0.3 is 9.80 Å². The molecule has 9 heteroatoms. The van der Waals surface area contributed by atoms with Gasteiger partial charge in [-0.3, -0.25) is 0 Å². The summed E-state index contributed by atoms with van der Waals surface area (Å²) in [6.07, 6.45) is 0. The Labute approximate surface area is 135 Å². The molecule has 1 aromatic heterocycles. The fourth-order valence-electron chi connectivity index (χ4n) is 2.34. The molecule has 0 unspecified atom stereocenters. The Morgan fingerprint density at radius 2 is 1.45 bits per heavy atom. The number of nitrogens with zero attached hydrogens (tertiary/aromatic N) is 5. The lowest BCUT2D eigenvalue weighted by molar-refractivity contribution is 0.569. The van der Waals surface area contributed by atoms with Gasteiger partial charge in [-0.25, -0.2) is 8.78 Å². The van der Waals surface area contributed by atoms with Gasteiger partial charge in [-0.05, 0) is 35.3 Å². The molecule has 1 fully saturated rings. The van der Waals surface area contributed by atoms with Crippen LogP contribution in [0.1, 0.15) is 0 Å². The van der Waals surface area contributed by atoms with E-state index in [1.165, 1.54) is 12.1 Å². The molecule has 116 valence electrons. The lowest BCUT2D eigenvalue weighted by Crippen LogP contribution is -2.47. The van der Waals surface area contributed by atoms with Gasteiger partial charge in [0.2, 0.25) is 16.5 Å². The molecule has 1 saturated heterocycles. The number of benzene rings is 1. The topological polar surface area (TPSA) is 45.2 Å². The molecule has 0 N–H and O–H groups in total. The second kappa shape index (κ2) is 6.18. The fraction of sp³-hybridized carbons (Fsp3) is 0.308. The standard InChI is InChI=1S/C13H11Cl2F2N5/c14-11-18-12(15)20-13(19-11)22-5-3-21(4-6-22)10-2-1-8(16)7-9(10)17/h1-2,7H,3-6H2. The Morgan fingerprint density at radius 1 is 0.864 bits per heavy atom. The summed E-state index contributed by atoms with van der Waals surface area (Å²) < 4.78 is 26.8. The van der Waals surface area contributed by atoms with Crippen LogP contribution in [0.25, 0.3) is 0 Å². The molecule has 1 aliphatic rings. The summed E-state index contributed by atoms with van der Waals surface area (Å²) in [7, 11) is 0. The summed E-state index contributed by atoms with van der Waals surface area (Å²) >= 11 is 11.5. The minimum absolute atomic E-state index is 0.0296. The maximum atomic E-state index is 13.8. The van der Waals surface area contributed by atoms with E-state index < -0.39 is 11.6 Å². The molecule has 2 heterocycles. The summed E-state index contributed by atoms with van der Waals surface area (Å²) in [5.74, 6) is -0.765. The molecule has 22 heavy (non-hydrogen) atoms. The molecule has 0 atom stereocenters. The minimum atomic E-state index is -0.589. The molecule has 1 aromatic carbocycles. The second-order valence-electron chi connectivity index (χ2n) is 4.74. The number of hydrogen-bond donors (Lipinski definition) is 0. The average Bonchev–Trinajstić information content (AvgIpc) is 2.46. The molecule has 0 spiro atoms. The third-order valence-corrected chi connectivity index (χ3v) is 3.72. The number of rotatable bonds is 2. The largest absolute Gasteiger partial charge is 0.366 e. The van der Waals surface area contributed by atoms with E-state index in [9.17, 15) is 8.78 Å². The molecular weight excluding hydrogens is 335 g/mol. The first-order valence-electron chi connectivity index (χ1n) is 6.55. The number of anilines is 2. The van der Waals surface area contributed by atoms with Crippen molar-refractivity contribution in [2.45, 2.75) is 0 Å². The van der Waals surface area contributed by atoms with Crippen molar-refractivity contribution in [1.82, 2.24) is 15.0 Å². The van der Waals surface area contributed by atoms with Crippen molar-refractivity contribution in [3.05, 3.63) is 40.4 Å². The fourth-order valence-corrected chi connectivity index (χ4v) is 2.70. The Kier molecular flexibility index (Phi) is 4.26. The van der Waals surface area contributed by atoms with Crippen molar-refractivity contribution >= 4 is 34.8 Å².